The molecule has 138 valence electrons. The number of hydrogen-bond donors (Lipinski definition) is 1. The van der Waals surface area contributed by atoms with E-state index < -0.39 is 17.3 Å². The van der Waals surface area contributed by atoms with Crippen molar-refractivity contribution in [2.75, 3.05) is 18.4 Å². The summed E-state index contributed by atoms with van der Waals surface area (Å²) in [5.41, 5.74) is -1.42. The van der Waals surface area contributed by atoms with Crippen molar-refractivity contribution in [2.45, 2.75) is 38.6 Å². The van der Waals surface area contributed by atoms with Crippen LogP contribution in [0.15, 0.2) is 12.3 Å². The molecule has 5 nitrogen and oxygen atoms in total. The number of pyridine rings is 1. The molecule has 1 aliphatic heterocycles. The van der Waals surface area contributed by atoms with Gasteiger partial charge < -0.3 is 15.0 Å². The summed E-state index contributed by atoms with van der Waals surface area (Å²) in [4.78, 5) is 17.5. The van der Waals surface area contributed by atoms with Crippen molar-refractivity contribution in [2.24, 2.45) is 11.8 Å². The molecular formula is C16H19ClF3N3O2. The van der Waals surface area contributed by atoms with Crippen molar-refractivity contribution in [3.8, 4) is 0 Å². The van der Waals surface area contributed by atoms with Gasteiger partial charge in [-0.2, -0.15) is 13.2 Å². The molecule has 9 heteroatoms. The predicted octanol–water partition coefficient (Wildman–Crippen LogP) is 4.03. The highest BCUT2D eigenvalue weighted by Gasteiger charge is 2.57. The Morgan fingerprint density at radius 2 is 1.92 bits per heavy atom. The first-order valence-electron chi connectivity index (χ1n) is 7.93. The second-order valence-electron chi connectivity index (χ2n) is 7.44. The van der Waals surface area contributed by atoms with Gasteiger partial charge >= 0.3 is 12.3 Å². The number of aromatic nitrogens is 1. The number of alkyl halides is 3. The van der Waals surface area contributed by atoms with E-state index in [1.165, 1.54) is 0 Å². The van der Waals surface area contributed by atoms with Crippen molar-refractivity contribution in [3.05, 3.63) is 22.8 Å². The van der Waals surface area contributed by atoms with Crippen LogP contribution in [0.2, 0.25) is 5.02 Å². The minimum atomic E-state index is -4.47. The third kappa shape index (κ3) is 3.94. The van der Waals surface area contributed by atoms with Crippen LogP contribution in [-0.4, -0.2) is 40.7 Å². The third-order valence-electron chi connectivity index (χ3n) is 4.32. The SMILES string of the molecule is CC(C)(C)OC(=O)N1C[C@@H]2C(Nc3ncc(C(F)(F)F)cc3Cl)[C@@H]2C1. The molecule has 1 N–H and O–H groups in total. The Bertz CT molecular complexity index is 678. The third-order valence-corrected chi connectivity index (χ3v) is 4.61. The van der Waals surface area contributed by atoms with Crippen LogP contribution in [0.5, 0.6) is 0 Å². The number of carbonyl (C=O) groups is 1. The number of halogens is 4. The number of ether oxygens (including phenoxy) is 1. The van der Waals surface area contributed by atoms with Crippen LogP contribution in [0.1, 0.15) is 26.3 Å². The van der Waals surface area contributed by atoms with Gasteiger partial charge in [0.2, 0.25) is 0 Å². The summed E-state index contributed by atoms with van der Waals surface area (Å²) < 4.78 is 43.2. The van der Waals surface area contributed by atoms with Gasteiger partial charge in [0.15, 0.2) is 0 Å². The standard InChI is InChI=1S/C16H19ClF3N3O2/c1-15(2,3)25-14(24)23-6-9-10(7-23)12(9)22-13-11(17)4-8(5-21-13)16(18,19)20/h4-5,9-10,12H,6-7H2,1-3H3,(H,21,22)/t9-,10+,12?. The maximum atomic E-state index is 12.6. The molecule has 2 heterocycles. The van der Waals surface area contributed by atoms with Crippen molar-refractivity contribution < 1.29 is 22.7 Å². The number of amides is 1. The van der Waals surface area contributed by atoms with E-state index in [-0.39, 0.29) is 34.8 Å². The topological polar surface area (TPSA) is 54.5 Å². The van der Waals surface area contributed by atoms with E-state index in [1.807, 2.05) is 20.8 Å². The minimum absolute atomic E-state index is 0.0559. The van der Waals surface area contributed by atoms with E-state index in [0.29, 0.717) is 13.1 Å². The fraction of sp³-hybridized carbons (Fsp3) is 0.625. The smallest absolute Gasteiger partial charge is 0.417 e. The molecule has 0 radical (unpaired) electrons. The number of likely N-dealkylation sites (tertiary alicyclic amines) is 1. The fourth-order valence-electron chi connectivity index (χ4n) is 3.07. The Morgan fingerprint density at radius 3 is 2.40 bits per heavy atom. The van der Waals surface area contributed by atoms with Gasteiger partial charge in [0.05, 0.1) is 10.6 Å². The number of nitrogens with zero attached hydrogens (tertiary/aromatic N) is 2. The Hall–Kier alpha value is -1.70. The molecule has 0 aromatic carbocycles. The van der Waals surface area contributed by atoms with Gasteiger partial charge in [-0.3, -0.25) is 0 Å². The average Bonchev–Trinajstić information content (AvgIpc) is 2.90. The van der Waals surface area contributed by atoms with Gasteiger partial charge in [0, 0.05) is 37.2 Å². The zero-order valence-electron chi connectivity index (χ0n) is 14.0. The average molecular weight is 378 g/mol. The molecule has 0 bridgehead atoms. The molecular weight excluding hydrogens is 359 g/mol. The molecule has 1 aromatic rings. The molecule has 1 saturated heterocycles. The Kier molecular flexibility index (Phi) is 4.29. The predicted molar refractivity (Wildman–Crippen MR) is 86.4 cm³/mol. The quantitative estimate of drug-likeness (QED) is 0.845. The molecule has 1 aliphatic carbocycles. The van der Waals surface area contributed by atoms with Gasteiger partial charge in [0.25, 0.3) is 0 Å². The van der Waals surface area contributed by atoms with Gasteiger partial charge in [0.1, 0.15) is 11.4 Å². The number of piperidine rings is 1. The molecule has 25 heavy (non-hydrogen) atoms. The molecule has 3 atom stereocenters. The van der Waals surface area contributed by atoms with E-state index in [4.69, 9.17) is 16.3 Å². The molecule has 3 rings (SSSR count). The lowest BCUT2D eigenvalue weighted by molar-refractivity contribution is -0.137. The number of carbonyl (C=O) groups excluding carboxylic acids is 1. The Labute approximate surface area is 148 Å². The summed E-state index contributed by atoms with van der Waals surface area (Å²) in [6.45, 7) is 6.53. The summed E-state index contributed by atoms with van der Waals surface area (Å²) in [6.07, 6.45) is -4.05. The summed E-state index contributed by atoms with van der Waals surface area (Å²) in [7, 11) is 0. The number of fused-ring (bicyclic) bond motifs is 1. The summed E-state index contributed by atoms with van der Waals surface area (Å²) in [5, 5.41) is 3.02. The first-order chi connectivity index (χ1) is 11.5. The largest absolute Gasteiger partial charge is 0.444 e. The highest BCUT2D eigenvalue weighted by molar-refractivity contribution is 6.33. The number of nitrogens with one attached hydrogen (secondary N) is 1. The Morgan fingerprint density at radius 1 is 1.32 bits per heavy atom. The molecule has 2 fully saturated rings. The maximum Gasteiger partial charge on any atom is 0.417 e. The first kappa shape index (κ1) is 18.1. The zero-order valence-corrected chi connectivity index (χ0v) is 14.8. The van der Waals surface area contributed by atoms with Crippen molar-refractivity contribution in [1.29, 1.82) is 0 Å². The van der Waals surface area contributed by atoms with Crippen molar-refractivity contribution >= 4 is 23.5 Å². The highest BCUT2D eigenvalue weighted by Crippen LogP contribution is 2.48. The van der Waals surface area contributed by atoms with Crippen molar-refractivity contribution in [3.63, 3.8) is 0 Å². The lowest BCUT2D eigenvalue weighted by Crippen LogP contribution is -2.38. The second-order valence-corrected chi connectivity index (χ2v) is 7.84. The zero-order chi connectivity index (χ0) is 18.6. The normalized spacial score (nSPS) is 25.6. The summed E-state index contributed by atoms with van der Waals surface area (Å²) >= 11 is 5.91. The van der Waals surface area contributed by atoms with Gasteiger partial charge in [-0.25, -0.2) is 9.78 Å². The van der Waals surface area contributed by atoms with Crippen LogP contribution in [0.25, 0.3) is 0 Å². The summed E-state index contributed by atoms with van der Waals surface area (Å²) in [5.74, 6) is 0.693. The van der Waals surface area contributed by atoms with Crippen LogP contribution >= 0.6 is 11.6 Å². The highest BCUT2D eigenvalue weighted by atomic mass is 35.5. The lowest BCUT2D eigenvalue weighted by Gasteiger charge is -2.26. The van der Waals surface area contributed by atoms with Crippen LogP contribution in [-0.2, 0) is 10.9 Å². The van der Waals surface area contributed by atoms with Gasteiger partial charge in [-0.05, 0) is 26.8 Å². The molecule has 1 saturated carbocycles. The Balaban J connectivity index is 1.56. The first-order valence-corrected chi connectivity index (χ1v) is 8.31. The van der Waals surface area contributed by atoms with E-state index >= 15 is 0 Å². The molecule has 2 aliphatic rings. The number of rotatable bonds is 2. The van der Waals surface area contributed by atoms with Gasteiger partial charge in [-0.1, -0.05) is 11.6 Å². The van der Waals surface area contributed by atoms with E-state index in [2.05, 4.69) is 10.3 Å². The minimum Gasteiger partial charge on any atom is -0.444 e. The fourth-order valence-corrected chi connectivity index (χ4v) is 3.29. The number of hydrogen-bond acceptors (Lipinski definition) is 4. The molecule has 1 unspecified atom stereocenters. The van der Waals surface area contributed by atoms with Crippen LogP contribution < -0.4 is 5.32 Å². The molecule has 1 aromatic heterocycles. The monoisotopic (exact) mass is 377 g/mol. The van der Waals surface area contributed by atoms with Crippen LogP contribution in [0.3, 0.4) is 0 Å². The van der Waals surface area contributed by atoms with E-state index in [0.717, 1.165) is 12.3 Å². The van der Waals surface area contributed by atoms with E-state index in [9.17, 15) is 18.0 Å². The molecule has 0 spiro atoms. The van der Waals surface area contributed by atoms with Gasteiger partial charge in [-0.15, -0.1) is 0 Å². The van der Waals surface area contributed by atoms with Crippen LogP contribution in [0, 0.1) is 11.8 Å². The van der Waals surface area contributed by atoms with Crippen LogP contribution in [0.4, 0.5) is 23.8 Å². The second kappa shape index (κ2) is 5.93. The number of anilines is 1. The lowest BCUT2D eigenvalue weighted by atomic mass is 10.2. The van der Waals surface area contributed by atoms with Crippen molar-refractivity contribution in [1.82, 2.24) is 9.88 Å². The van der Waals surface area contributed by atoms with E-state index in [1.54, 1.807) is 4.90 Å². The maximum absolute atomic E-state index is 12.6. The summed E-state index contributed by atoms with van der Waals surface area (Å²) in [6, 6.07) is 0.919. The molecule has 1 amide bonds.